The summed E-state index contributed by atoms with van der Waals surface area (Å²) in [5, 5.41) is 8.33. The van der Waals surface area contributed by atoms with E-state index in [0.717, 1.165) is 6.42 Å². The largest absolute Gasteiger partial charge is 0.497 e. The lowest BCUT2D eigenvalue weighted by Gasteiger charge is -2.22. The molecule has 0 fully saturated rings. The Morgan fingerprint density at radius 2 is 1.67 bits per heavy atom. The van der Waals surface area contributed by atoms with Crippen molar-refractivity contribution in [2.45, 2.75) is 52.6 Å². The van der Waals surface area contributed by atoms with E-state index in [1.54, 1.807) is 31.4 Å². The molecule has 0 radical (unpaired) electrons. The SMILES string of the molecule is CCC(C)NC(=O)CCNC(=O)C(NC(=O)c1ccc(OC)cc1)C(C)C. The van der Waals surface area contributed by atoms with Gasteiger partial charge in [0.05, 0.1) is 7.11 Å². The van der Waals surface area contributed by atoms with E-state index in [-0.39, 0.29) is 42.6 Å². The van der Waals surface area contributed by atoms with Gasteiger partial charge in [0.25, 0.3) is 5.91 Å². The first-order chi connectivity index (χ1) is 12.8. The van der Waals surface area contributed by atoms with Gasteiger partial charge >= 0.3 is 0 Å². The van der Waals surface area contributed by atoms with E-state index in [0.29, 0.717) is 11.3 Å². The molecule has 2 atom stereocenters. The van der Waals surface area contributed by atoms with Gasteiger partial charge in [-0.1, -0.05) is 20.8 Å². The van der Waals surface area contributed by atoms with E-state index in [2.05, 4.69) is 16.0 Å². The monoisotopic (exact) mass is 377 g/mol. The second-order valence-corrected chi connectivity index (χ2v) is 6.84. The fourth-order valence-electron chi connectivity index (χ4n) is 2.36. The maximum absolute atomic E-state index is 12.4. The minimum atomic E-state index is -0.683. The van der Waals surface area contributed by atoms with Gasteiger partial charge in [-0.3, -0.25) is 14.4 Å². The van der Waals surface area contributed by atoms with E-state index in [9.17, 15) is 14.4 Å². The molecule has 150 valence electrons. The highest BCUT2D eigenvalue weighted by Gasteiger charge is 2.24. The summed E-state index contributed by atoms with van der Waals surface area (Å²) in [4.78, 5) is 36.6. The van der Waals surface area contributed by atoms with Gasteiger partial charge in [-0.25, -0.2) is 0 Å². The van der Waals surface area contributed by atoms with Gasteiger partial charge in [0, 0.05) is 24.6 Å². The second kappa shape index (κ2) is 11.2. The summed E-state index contributed by atoms with van der Waals surface area (Å²) < 4.78 is 5.07. The van der Waals surface area contributed by atoms with Crippen LogP contribution in [0.3, 0.4) is 0 Å². The Bertz CT molecular complexity index is 629. The van der Waals surface area contributed by atoms with Crippen molar-refractivity contribution in [2.75, 3.05) is 13.7 Å². The third kappa shape index (κ3) is 7.68. The molecule has 0 aliphatic carbocycles. The Hall–Kier alpha value is -2.57. The number of carbonyl (C=O) groups is 3. The number of hydrogen-bond acceptors (Lipinski definition) is 4. The van der Waals surface area contributed by atoms with Crippen LogP contribution >= 0.6 is 0 Å². The van der Waals surface area contributed by atoms with Crippen LogP contribution in [0.4, 0.5) is 0 Å². The number of methoxy groups -OCH3 is 1. The Kier molecular flexibility index (Phi) is 9.33. The smallest absolute Gasteiger partial charge is 0.251 e. The number of hydrogen-bond donors (Lipinski definition) is 3. The zero-order valence-corrected chi connectivity index (χ0v) is 16.8. The summed E-state index contributed by atoms with van der Waals surface area (Å²) in [5.41, 5.74) is 0.446. The molecule has 7 nitrogen and oxygen atoms in total. The summed E-state index contributed by atoms with van der Waals surface area (Å²) >= 11 is 0. The Labute approximate surface area is 161 Å². The first-order valence-electron chi connectivity index (χ1n) is 9.30. The maximum Gasteiger partial charge on any atom is 0.251 e. The fraction of sp³-hybridized carbons (Fsp3) is 0.550. The van der Waals surface area contributed by atoms with Crippen molar-refractivity contribution >= 4 is 17.7 Å². The molecule has 3 N–H and O–H groups in total. The van der Waals surface area contributed by atoms with Crippen LogP contribution < -0.4 is 20.7 Å². The zero-order valence-electron chi connectivity index (χ0n) is 16.8. The third-order valence-corrected chi connectivity index (χ3v) is 4.26. The van der Waals surface area contributed by atoms with Crippen LogP contribution in [0.25, 0.3) is 0 Å². The first-order valence-corrected chi connectivity index (χ1v) is 9.30. The molecule has 1 aromatic carbocycles. The predicted octanol–water partition coefficient (Wildman–Crippen LogP) is 1.87. The van der Waals surface area contributed by atoms with Crippen molar-refractivity contribution in [3.8, 4) is 5.75 Å². The number of rotatable bonds is 10. The van der Waals surface area contributed by atoms with Crippen molar-refractivity contribution in [1.82, 2.24) is 16.0 Å². The Morgan fingerprint density at radius 3 is 2.19 bits per heavy atom. The Balaban J connectivity index is 2.57. The Morgan fingerprint density at radius 1 is 1.04 bits per heavy atom. The van der Waals surface area contributed by atoms with E-state index < -0.39 is 6.04 Å². The topological polar surface area (TPSA) is 96.5 Å². The molecule has 1 aromatic rings. The van der Waals surface area contributed by atoms with Crippen LogP contribution in [0, 0.1) is 5.92 Å². The highest BCUT2D eigenvalue weighted by atomic mass is 16.5. The molecule has 1 rings (SSSR count). The van der Waals surface area contributed by atoms with E-state index in [1.807, 2.05) is 27.7 Å². The molecule has 0 bridgehead atoms. The maximum atomic E-state index is 12.4. The fourth-order valence-corrected chi connectivity index (χ4v) is 2.36. The summed E-state index contributed by atoms with van der Waals surface area (Å²) in [7, 11) is 1.55. The highest BCUT2D eigenvalue weighted by molar-refractivity contribution is 5.97. The van der Waals surface area contributed by atoms with Crippen LogP contribution in [0.1, 0.15) is 50.9 Å². The molecule has 7 heteroatoms. The standard InChI is InChI=1S/C20H31N3O4/c1-6-14(4)22-17(24)11-12-21-20(26)18(13(2)3)23-19(25)15-7-9-16(27-5)10-8-15/h7-10,13-14,18H,6,11-12H2,1-5H3,(H,21,26)(H,22,24)(H,23,25). The lowest BCUT2D eigenvalue weighted by atomic mass is 10.0. The molecule has 0 aromatic heterocycles. The molecule has 0 spiro atoms. The molecular weight excluding hydrogens is 346 g/mol. The second-order valence-electron chi connectivity index (χ2n) is 6.84. The van der Waals surface area contributed by atoms with Crippen LogP contribution in [0.2, 0.25) is 0 Å². The van der Waals surface area contributed by atoms with Crippen molar-refractivity contribution in [2.24, 2.45) is 5.92 Å². The van der Waals surface area contributed by atoms with Crippen molar-refractivity contribution in [1.29, 1.82) is 0 Å². The molecular formula is C20H31N3O4. The summed E-state index contributed by atoms with van der Waals surface area (Å²) in [6.45, 7) is 7.86. The minimum absolute atomic E-state index is 0.0962. The van der Waals surface area contributed by atoms with Crippen LogP contribution in [0.15, 0.2) is 24.3 Å². The summed E-state index contributed by atoms with van der Waals surface area (Å²) in [6.07, 6.45) is 1.05. The number of ether oxygens (including phenoxy) is 1. The lowest BCUT2D eigenvalue weighted by Crippen LogP contribution is -2.50. The zero-order chi connectivity index (χ0) is 20.4. The van der Waals surface area contributed by atoms with Gasteiger partial charge in [0.2, 0.25) is 11.8 Å². The molecule has 0 saturated heterocycles. The highest BCUT2D eigenvalue weighted by Crippen LogP contribution is 2.12. The molecule has 0 aliphatic rings. The number of nitrogens with one attached hydrogen (secondary N) is 3. The number of carbonyl (C=O) groups excluding carboxylic acids is 3. The van der Waals surface area contributed by atoms with Crippen molar-refractivity contribution in [3.63, 3.8) is 0 Å². The molecule has 3 amide bonds. The van der Waals surface area contributed by atoms with Crippen molar-refractivity contribution in [3.05, 3.63) is 29.8 Å². The van der Waals surface area contributed by atoms with E-state index >= 15 is 0 Å². The molecule has 2 unspecified atom stereocenters. The van der Waals surface area contributed by atoms with Gasteiger partial charge in [0.1, 0.15) is 11.8 Å². The normalized spacial score (nSPS) is 12.8. The average molecular weight is 377 g/mol. The lowest BCUT2D eigenvalue weighted by molar-refractivity contribution is -0.124. The van der Waals surface area contributed by atoms with Crippen LogP contribution in [0.5, 0.6) is 5.75 Å². The van der Waals surface area contributed by atoms with Gasteiger partial charge < -0.3 is 20.7 Å². The molecule has 0 aliphatic heterocycles. The van der Waals surface area contributed by atoms with Gasteiger partial charge in [-0.15, -0.1) is 0 Å². The predicted molar refractivity (Wildman–Crippen MR) is 105 cm³/mol. The van der Waals surface area contributed by atoms with Crippen LogP contribution in [-0.4, -0.2) is 43.5 Å². The summed E-state index contributed by atoms with van der Waals surface area (Å²) in [6, 6.07) is 6.09. The van der Waals surface area contributed by atoms with E-state index in [1.165, 1.54) is 0 Å². The van der Waals surface area contributed by atoms with Gasteiger partial charge in [-0.2, -0.15) is 0 Å². The van der Waals surface area contributed by atoms with Gasteiger partial charge in [0.15, 0.2) is 0 Å². The first kappa shape index (κ1) is 22.5. The van der Waals surface area contributed by atoms with Gasteiger partial charge in [-0.05, 0) is 43.5 Å². The summed E-state index contributed by atoms with van der Waals surface area (Å²) in [5.74, 6) is -0.182. The number of amides is 3. The van der Waals surface area contributed by atoms with E-state index in [4.69, 9.17) is 4.74 Å². The molecule has 27 heavy (non-hydrogen) atoms. The molecule has 0 saturated carbocycles. The quantitative estimate of drug-likeness (QED) is 0.580. The molecule has 0 heterocycles. The number of benzene rings is 1. The minimum Gasteiger partial charge on any atom is -0.497 e. The average Bonchev–Trinajstić information content (AvgIpc) is 2.65. The third-order valence-electron chi connectivity index (χ3n) is 4.26. The van der Waals surface area contributed by atoms with Crippen LogP contribution in [-0.2, 0) is 9.59 Å². The van der Waals surface area contributed by atoms with Crippen molar-refractivity contribution < 1.29 is 19.1 Å².